The van der Waals surface area contributed by atoms with Crippen molar-refractivity contribution in [1.29, 1.82) is 0 Å². The molecule has 144 valence electrons. The van der Waals surface area contributed by atoms with Crippen LogP contribution in [0.2, 0.25) is 0 Å². The average molecular weight is 477 g/mol. The van der Waals surface area contributed by atoms with Gasteiger partial charge in [0.1, 0.15) is 5.82 Å². The van der Waals surface area contributed by atoms with E-state index < -0.39 is 11.6 Å². The molecule has 1 aromatic heterocycles. The van der Waals surface area contributed by atoms with Crippen molar-refractivity contribution in [3.05, 3.63) is 53.6 Å². The molecule has 0 saturated carbocycles. The SMILES string of the molecule is CN=C(NCCCCn1ccnc1C)NC(C)c1ccc(F)c(F)c1.I. The predicted octanol–water partition coefficient (Wildman–Crippen LogP) is 3.79. The number of hydrogen-bond donors (Lipinski definition) is 2. The van der Waals surface area contributed by atoms with Crippen LogP contribution in [0, 0.1) is 18.6 Å². The van der Waals surface area contributed by atoms with Gasteiger partial charge in [0.15, 0.2) is 17.6 Å². The fourth-order valence-electron chi connectivity index (χ4n) is 2.52. The number of rotatable bonds is 7. The number of unbranched alkanes of at least 4 members (excludes halogenated alkanes) is 1. The van der Waals surface area contributed by atoms with Crippen LogP contribution < -0.4 is 10.6 Å². The highest BCUT2D eigenvalue weighted by Gasteiger charge is 2.10. The number of aryl methyl sites for hydroxylation is 2. The van der Waals surface area contributed by atoms with E-state index in [4.69, 9.17) is 0 Å². The van der Waals surface area contributed by atoms with Gasteiger partial charge in [-0.3, -0.25) is 4.99 Å². The van der Waals surface area contributed by atoms with Crippen LogP contribution in [-0.2, 0) is 6.54 Å². The standard InChI is InChI=1S/C18H25F2N5.HI/c1-13(15-6-7-16(19)17(20)12-15)24-18(21-3)23-8-4-5-10-25-11-9-22-14(25)2;/h6-7,9,11-13H,4-5,8,10H2,1-3H3,(H2,21,23,24);1H. The van der Waals surface area contributed by atoms with Crippen LogP contribution in [0.1, 0.15) is 37.2 Å². The first-order valence-corrected chi connectivity index (χ1v) is 8.41. The normalized spacial score (nSPS) is 12.4. The summed E-state index contributed by atoms with van der Waals surface area (Å²) >= 11 is 0. The lowest BCUT2D eigenvalue weighted by Gasteiger charge is -2.18. The average Bonchev–Trinajstić information content (AvgIpc) is 3.00. The summed E-state index contributed by atoms with van der Waals surface area (Å²) in [6.45, 7) is 5.58. The topological polar surface area (TPSA) is 54.2 Å². The molecule has 5 nitrogen and oxygen atoms in total. The number of nitrogens with one attached hydrogen (secondary N) is 2. The molecule has 0 saturated heterocycles. The number of imidazole rings is 1. The van der Waals surface area contributed by atoms with Gasteiger partial charge in [0.25, 0.3) is 0 Å². The van der Waals surface area contributed by atoms with Crippen molar-refractivity contribution in [2.24, 2.45) is 4.99 Å². The molecule has 1 atom stereocenters. The van der Waals surface area contributed by atoms with Crippen molar-refractivity contribution < 1.29 is 8.78 Å². The molecule has 8 heteroatoms. The number of hydrogen-bond acceptors (Lipinski definition) is 2. The Morgan fingerprint density at radius 3 is 2.65 bits per heavy atom. The maximum absolute atomic E-state index is 13.3. The third-order valence-corrected chi connectivity index (χ3v) is 4.06. The van der Waals surface area contributed by atoms with E-state index >= 15 is 0 Å². The third kappa shape index (κ3) is 6.54. The summed E-state index contributed by atoms with van der Waals surface area (Å²) in [5.74, 6) is -0.0303. The zero-order valence-corrected chi connectivity index (χ0v) is 17.6. The molecule has 1 heterocycles. The first kappa shape index (κ1) is 22.3. The third-order valence-electron chi connectivity index (χ3n) is 4.06. The summed E-state index contributed by atoms with van der Waals surface area (Å²) in [6, 6.07) is 3.72. The number of guanidine groups is 1. The van der Waals surface area contributed by atoms with Crippen LogP contribution in [0.15, 0.2) is 35.6 Å². The van der Waals surface area contributed by atoms with E-state index in [1.165, 1.54) is 6.07 Å². The second-order valence-electron chi connectivity index (χ2n) is 5.91. The summed E-state index contributed by atoms with van der Waals surface area (Å²) in [5, 5.41) is 6.41. The zero-order chi connectivity index (χ0) is 18.2. The van der Waals surface area contributed by atoms with Crippen molar-refractivity contribution in [1.82, 2.24) is 20.2 Å². The number of aliphatic imine (C=N–C) groups is 1. The summed E-state index contributed by atoms with van der Waals surface area (Å²) in [5.41, 5.74) is 0.664. The van der Waals surface area contributed by atoms with Crippen LogP contribution >= 0.6 is 24.0 Å². The van der Waals surface area contributed by atoms with Gasteiger partial charge in [-0.15, -0.1) is 24.0 Å². The minimum atomic E-state index is -0.844. The Labute approximate surface area is 170 Å². The maximum Gasteiger partial charge on any atom is 0.191 e. The lowest BCUT2D eigenvalue weighted by atomic mass is 10.1. The Morgan fingerprint density at radius 1 is 1.27 bits per heavy atom. The van der Waals surface area contributed by atoms with Crippen molar-refractivity contribution in [3.8, 4) is 0 Å². The molecule has 0 aliphatic rings. The van der Waals surface area contributed by atoms with Gasteiger partial charge < -0.3 is 15.2 Å². The molecular weight excluding hydrogens is 451 g/mol. The Balaban J connectivity index is 0.00000338. The van der Waals surface area contributed by atoms with E-state index in [1.807, 2.05) is 20.0 Å². The van der Waals surface area contributed by atoms with E-state index in [9.17, 15) is 8.78 Å². The molecule has 1 unspecified atom stereocenters. The molecule has 1 aromatic carbocycles. The quantitative estimate of drug-likeness (QED) is 0.276. The molecular formula is C18H26F2IN5. The fourth-order valence-corrected chi connectivity index (χ4v) is 2.52. The highest BCUT2D eigenvalue weighted by Crippen LogP contribution is 2.15. The Hall–Kier alpha value is -1.71. The van der Waals surface area contributed by atoms with Crippen molar-refractivity contribution >= 4 is 29.9 Å². The highest BCUT2D eigenvalue weighted by atomic mass is 127. The molecule has 0 aliphatic heterocycles. The zero-order valence-electron chi connectivity index (χ0n) is 15.3. The minimum absolute atomic E-state index is 0. The van der Waals surface area contributed by atoms with Crippen LogP contribution in [0.25, 0.3) is 0 Å². The Morgan fingerprint density at radius 2 is 2.04 bits per heavy atom. The van der Waals surface area contributed by atoms with Crippen LogP contribution in [0.5, 0.6) is 0 Å². The Kier molecular flexibility index (Phi) is 9.53. The van der Waals surface area contributed by atoms with Crippen LogP contribution in [0.4, 0.5) is 8.78 Å². The van der Waals surface area contributed by atoms with E-state index in [0.29, 0.717) is 11.5 Å². The van der Waals surface area contributed by atoms with E-state index in [2.05, 4.69) is 25.2 Å². The van der Waals surface area contributed by atoms with Gasteiger partial charge in [-0.25, -0.2) is 13.8 Å². The maximum atomic E-state index is 13.3. The van der Waals surface area contributed by atoms with Crippen molar-refractivity contribution in [2.75, 3.05) is 13.6 Å². The summed E-state index contributed by atoms with van der Waals surface area (Å²) in [6.07, 6.45) is 5.80. The van der Waals surface area contributed by atoms with Gasteiger partial charge in [-0.1, -0.05) is 6.07 Å². The second kappa shape index (κ2) is 11.1. The second-order valence-corrected chi connectivity index (χ2v) is 5.91. The lowest BCUT2D eigenvalue weighted by Crippen LogP contribution is -2.39. The van der Waals surface area contributed by atoms with Crippen molar-refractivity contribution in [2.45, 2.75) is 39.3 Å². The van der Waals surface area contributed by atoms with Gasteiger partial charge in [-0.2, -0.15) is 0 Å². The molecule has 0 fully saturated rings. The van der Waals surface area contributed by atoms with Gasteiger partial charge in [-0.05, 0) is 44.4 Å². The fraction of sp³-hybridized carbons (Fsp3) is 0.444. The number of halogens is 3. The summed E-state index contributed by atoms with van der Waals surface area (Å²) in [4.78, 5) is 8.36. The summed E-state index contributed by atoms with van der Waals surface area (Å²) < 4.78 is 28.5. The van der Waals surface area contributed by atoms with E-state index in [-0.39, 0.29) is 30.0 Å². The minimum Gasteiger partial charge on any atom is -0.356 e. The predicted molar refractivity (Wildman–Crippen MR) is 111 cm³/mol. The lowest BCUT2D eigenvalue weighted by molar-refractivity contribution is 0.504. The first-order chi connectivity index (χ1) is 12.0. The monoisotopic (exact) mass is 477 g/mol. The van der Waals surface area contributed by atoms with Gasteiger partial charge in [0.2, 0.25) is 0 Å². The highest BCUT2D eigenvalue weighted by molar-refractivity contribution is 14.0. The molecule has 0 spiro atoms. The molecule has 2 rings (SSSR count). The number of nitrogens with zero attached hydrogens (tertiary/aromatic N) is 3. The van der Waals surface area contributed by atoms with E-state index in [0.717, 1.165) is 37.8 Å². The van der Waals surface area contributed by atoms with Gasteiger partial charge >= 0.3 is 0 Å². The smallest absolute Gasteiger partial charge is 0.191 e. The molecule has 26 heavy (non-hydrogen) atoms. The molecule has 0 radical (unpaired) electrons. The number of aromatic nitrogens is 2. The first-order valence-electron chi connectivity index (χ1n) is 8.41. The molecule has 2 N–H and O–H groups in total. The van der Waals surface area contributed by atoms with Crippen LogP contribution in [0.3, 0.4) is 0 Å². The largest absolute Gasteiger partial charge is 0.356 e. The summed E-state index contributed by atoms with van der Waals surface area (Å²) in [7, 11) is 1.68. The number of benzene rings is 1. The molecule has 0 aliphatic carbocycles. The molecule has 0 amide bonds. The van der Waals surface area contributed by atoms with Gasteiger partial charge in [0.05, 0.1) is 6.04 Å². The Bertz CT molecular complexity index is 717. The van der Waals surface area contributed by atoms with Gasteiger partial charge in [0, 0.05) is 32.5 Å². The van der Waals surface area contributed by atoms with Crippen LogP contribution in [-0.4, -0.2) is 29.1 Å². The van der Waals surface area contributed by atoms with Crippen molar-refractivity contribution in [3.63, 3.8) is 0 Å². The van der Waals surface area contributed by atoms with E-state index in [1.54, 1.807) is 19.3 Å². The molecule has 2 aromatic rings. The molecule has 0 bridgehead atoms.